The van der Waals surface area contributed by atoms with Crippen molar-refractivity contribution in [2.75, 3.05) is 13.1 Å². The molecule has 0 bridgehead atoms. The van der Waals surface area contributed by atoms with Gasteiger partial charge in [0.2, 0.25) is 5.43 Å². The summed E-state index contributed by atoms with van der Waals surface area (Å²) in [6.45, 7) is 2.66. The molecule has 0 saturated carbocycles. The Hall–Kier alpha value is -2.64. The van der Waals surface area contributed by atoms with Gasteiger partial charge in [-0.2, -0.15) is 18.3 Å². The lowest BCUT2D eigenvalue weighted by atomic mass is 10.2. The van der Waals surface area contributed by atoms with Crippen molar-refractivity contribution in [3.05, 3.63) is 57.5 Å². The van der Waals surface area contributed by atoms with Crippen LogP contribution in [0.25, 0.3) is 5.69 Å². The summed E-state index contributed by atoms with van der Waals surface area (Å²) in [4.78, 5) is 26.1. The first-order valence-corrected chi connectivity index (χ1v) is 7.85. The van der Waals surface area contributed by atoms with Crippen molar-refractivity contribution in [3.8, 4) is 5.69 Å². The molecule has 0 spiro atoms. The zero-order valence-corrected chi connectivity index (χ0v) is 13.5. The SMILES string of the molecule is Cc1cc(=O)c(C(=O)N2CCCC2)nn1-c1cccc(C(F)(F)F)c1. The first kappa shape index (κ1) is 17.2. The summed E-state index contributed by atoms with van der Waals surface area (Å²) in [6, 6.07) is 5.83. The van der Waals surface area contributed by atoms with Crippen LogP contribution >= 0.6 is 0 Å². The van der Waals surface area contributed by atoms with Crippen molar-refractivity contribution >= 4 is 5.91 Å². The molecule has 1 amide bonds. The van der Waals surface area contributed by atoms with E-state index in [1.165, 1.54) is 27.8 Å². The number of hydrogen-bond donors (Lipinski definition) is 0. The van der Waals surface area contributed by atoms with Crippen molar-refractivity contribution in [2.45, 2.75) is 25.9 Å². The van der Waals surface area contributed by atoms with Crippen molar-refractivity contribution < 1.29 is 18.0 Å². The smallest absolute Gasteiger partial charge is 0.337 e. The topological polar surface area (TPSA) is 55.2 Å². The molecule has 1 aromatic carbocycles. The Labute approximate surface area is 141 Å². The van der Waals surface area contributed by atoms with Crippen LogP contribution in [0.1, 0.15) is 34.6 Å². The molecule has 1 aliphatic heterocycles. The maximum absolute atomic E-state index is 12.9. The van der Waals surface area contributed by atoms with Gasteiger partial charge in [0, 0.05) is 24.8 Å². The number of nitrogens with zero attached hydrogens (tertiary/aromatic N) is 3. The van der Waals surface area contributed by atoms with E-state index >= 15 is 0 Å². The summed E-state index contributed by atoms with van der Waals surface area (Å²) >= 11 is 0. The number of benzene rings is 1. The number of carbonyl (C=O) groups is 1. The van der Waals surface area contributed by atoms with Crippen LogP contribution < -0.4 is 5.43 Å². The van der Waals surface area contributed by atoms with E-state index in [0.29, 0.717) is 18.8 Å². The number of aromatic nitrogens is 2. The number of carbonyl (C=O) groups excluding carboxylic acids is 1. The minimum Gasteiger partial charge on any atom is -0.337 e. The number of likely N-dealkylation sites (tertiary alicyclic amines) is 1. The molecule has 1 fully saturated rings. The summed E-state index contributed by atoms with van der Waals surface area (Å²) in [5, 5.41) is 4.06. The molecular formula is C17H16F3N3O2. The molecule has 8 heteroatoms. The Morgan fingerprint density at radius 1 is 1.16 bits per heavy atom. The van der Waals surface area contributed by atoms with Crippen LogP contribution in [0.15, 0.2) is 35.1 Å². The lowest BCUT2D eigenvalue weighted by molar-refractivity contribution is -0.137. The van der Waals surface area contributed by atoms with E-state index in [9.17, 15) is 22.8 Å². The number of alkyl halides is 3. The van der Waals surface area contributed by atoms with E-state index in [1.54, 1.807) is 6.92 Å². The van der Waals surface area contributed by atoms with E-state index in [4.69, 9.17) is 0 Å². The number of amides is 1. The van der Waals surface area contributed by atoms with E-state index < -0.39 is 23.1 Å². The molecule has 5 nitrogen and oxygen atoms in total. The predicted octanol–water partition coefficient (Wildman–Crippen LogP) is 2.80. The molecule has 1 aromatic heterocycles. The van der Waals surface area contributed by atoms with E-state index in [2.05, 4.69) is 5.10 Å². The summed E-state index contributed by atoms with van der Waals surface area (Å²) < 4.78 is 40.0. The van der Waals surface area contributed by atoms with E-state index in [0.717, 1.165) is 25.0 Å². The van der Waals surface area contributed by atoms with Crippen molar-refractivity contribution in [2.24, 2.45) is 0 Å². The highest BCUT2D eigenvalue weighted by molar-refractivity contribution is 5.92. The number of rotatable bonds is 2. The van der Waals surface area contributed by atoms with Crippen LogP contribution in [0, 0.1) is 6.92 Å². The summed E-state index contributed by atoms with van der Waals surface area (Å²) in [5.74, 6) is -0.483. The van der Waals surface area contributed by atoms with Gasteiger partial charge >= 0.3 is 6.18 Å². The Morgan fingerprint density at radius 2 is 1.84 bits per heavy atom. The van der Waals surface area contributed by atoms with Crippen molar-refractivity contribution in [1.29, 1.82) is 0 Å². The number of aryl methyl sites for hydroxylation is 1. The Balaban J connectivity index is 2.07. The van der Waals surface area contributed by atoms with Gasteiger partial charge in [0.15, 0.2) is 5.69 Å². The monoisotopic (exact) mass is 351 g/mol. The highest BCUT2D eigenvalue weighted by atomic mass is 19.4. The fraction of sp³-hybridized carbons (Fsp3) is 0.353. The Morgan fingerprint density at radius 3 is 2.48 bits per heavy atom. The third-order valence-electron chi connectivity index (χ3n) is 4.12. The van der Waals surface area contributed by atoms with Crippen molar-refractivity contribution in [3.63, 3.8) is 0 Å². The quantitative estimate of drug-likeness (QED) is 0.836. The Kier molecular flexibility index (Phi) is 4.36. The zero-order valence-electron chi connectivity index (χ0n) is 13.5. The van der Waals surface area contributed by atoms with Crippen LogP contribution in [0.3, 0.4) is 0 Å². The highest BCUT2D eigenvalue weighted by Crippen LogP contribution is 2.30. The first-order chi connectivity index (χ1) is 11.8. The maximum Gasteiger partial charge on any atom is 0.416 e. The minimum atomic E-state index is -4.49. The minimum absolute atomic E-state index is 0.141. The summed E-state index contributed by atoms with van der Waals surface area (Å²) in [6.07, 6.45) is -2.77. The second kappa shape index (κ2) is 6.34. The standard InChI is InChI=1S/C17H16F3N3O2/c1-11-9-14(24)15(16(25)22-7-2-3-8-22)21-23(11)13-6-4-5-12(10-13)17(18,19)20/h4-6,9-10H,2-3,7-8H2,1H3. The molecule has 0 aliphatic carbocycles. The Bertz CT molecular complexity index is 868. The zero-order chi connectivity index (χ0) is 18.2. The van der Waals surface area contributed by atoms with Gasteiger partial charge in [0.1, 0.15) is 0 Å². The average Bonchev–Trinajstić information content (AvgIpc) is 3.08. The third-order valence-corrected chi connectivity index (χ3v) is 4.12. The van der Waals surface area contributed by atoms with Gasteiger partial charge in [-0.3, -0.25) is 9.59 Å². The van der Waals surface area contributed by atoms with Crippen molar-refractivity contribution in [1.82, 2.24) is 14.7 Å². The summed E-state index contributed by atoms with van der Waals surface area (Å²) in [7, 11) is 0. The van der Waals surface area contributed by atoms with E-state index in [-0.39, 0.29) is 11.4 Å². The highest BCUT2D eigenvalue weighted by Gasteiger charge is 2.31. The largest absolute Gasteiger partial charge is 0.416 e. The van der Waals surface area contributed by atoms with Crippen LogP contribution in [0.4, 0.5) is 13.2 Å². The van der Waals surface area contributed by atoms with Crippen LogP contribution in [0.5, 0.6) is 0 Å². The maximum atomic E-state index is 12.9. The second-order valence-corrected chi connectivity index (χ2v) is 5.96. The fourth-order valence-electron chi connectivity index (χ4n) is 2.84. The van der Waals surface area contributed by atoms with Gasteiger partial charge < -0.3 is 4.90 Å². The molecule has 0 unspecified atom stereocenters. The molecule has 0 radical (unpaired) electrons. The molecule has 1 aliphatic rings. The van der Waals surface area contributed by atoms with Crippen LogP contribution in [-0.2, 0) is 6.18 Å². The summed E-state index contributed by atoms with van der Waals surface area (Å²) in [5.41, 5.74) is -1.13. The molecular weight excluding hydrogens is 335 g/mol. The lowest BCUT2D eigenvalue weighted by Gasteiger charge is -2.17. The molecule has 2 aromatic rings. The first-order valence-electron chi connectivity index (χ1n) is 7.85. The average molecular weight is 351 g/mol. The molecule has 0 atom stereocenters. The molecule has 3 rings (SSSR count). The van der Waals surface area contributed by atoms with Gasteiger partial charge in [0.05, 0.1) is 11.3 Å². The fourth-order valence-corrected chi connectivity index (χ4v) is 2.84. The van der Waals surface area contributed by atoms with Gasteiger partial charge in [-0.1, -0.05) is 6.07 Å². The van der Waals surface area contributed by atoms with Gasteiger partial charge in [-0.15, -0.1) is 0 Å². The van der Waals surface area contributed by atoms with Gasteiger partial charge in [-0.05, 0) is 38.0 Å². The number of halogens is 3. The van der Waals surface area contributed by atoms with Gasteiger partial charge in [-0.25, -0.2) is 4.68 Å². The number of hydrogen-bond acceptors (Lipinski definition) is 3. The van der Waals surface area contributed by atoms with Crippen LogP contribution in [0.2, 0.25) is 0 Å². The second-order valence-electron chi connectivity index (χ2n) is 5.96. The predicted molar refractivity (Wildman–Crippen MR) is 84.7 cm³/mol. The molecule has 0 N–H and O–H groups in total. The molecule has 2 heterocycles. The molecule has 132 valence electrons. The van der Waals surface area contributed by atoms with Gasteiger partial charge in [0.25, 0.3) is 5.91 Å². The molecule has 25 heavy (non-hydrogen) atoms. The molecule has 1 saturated heterocycles. The normalized spacial score (nSPS) is 14.8. The van der Waals surface area contributed by atoms with Crippen LogP contribution in [-0.4, -0.2) is 33.7 Å². The van der Waals surface area contributed by atoms with E-state index in [1.807, 2.05) is 0 Å². The third kappa shape index (κ3) is 3.42. The lowest BCUT2D eigenvalue weighted by Crippen LogP contribution is -2.34.